The van der Waals surface area contributed by atoms with Gasteiger partial charge in [-0.3, -0.25) is 19.9 Å². The Kier molecular flexibility index (Phi) is 4.57. The number of anilines is 1. The number of amides is 2. The molecular formula is C18H19N5O3. The van der Waals surface area contributed by atoms with Crippen LogP contribution in [0.5, 0.6) is 5.75 Å². The number of guanidine groups is 1. The Morgan fingerprint density at radius 1 is 1.31 bits per heavy atom. The van der Waals surface area contributed by atoms with E-state index in [4.69, 9.17) is 10.5 Å². The number of carbonyl (C=O) groups excluding carboxylic acids is 2. The van der Waals surface area contributed by atoms with Gasteiger partial charge in [0.15, 0.2) is 5.96 Å². The van der Waals surface area contributed by atoms with E-state index in [9.17, 15) is 9.59 Å². The van der Waals surface area contributed by atoms with E-state index in [-0.39, 0.29) is 24.2 Å². The molecule has 8 heteroatoms. The lowest BCUT2D eigenvalue weighted by atomic mass is 9.92. The van der Waals surface area contributed by atoms with Crippen LogP contribution in [0.3, 0.4) is 0 Å². The first-order chi connectivity index (χ1) is 12.4. The summed E-state index contributed by atoms with van der Waals surface area (Å²) in [6.45, 7) is 1.77. The maximum absolute atomic E-state index is 12.4. The molecule has 2 heterocycles. The van der Waals surface area contributed by atoms with Gasteiger partial charge in [0.25, 0.3) is 5.91 Å². The highest BCUT2D eigenvalue weighted by Gasteiger charge is 2.34. The number of aliphatic imine (C=N–C) groups is 1. The number of benzene rings is 1. The zero-order valence-corrected chi connectivity index (χ0v) is 14.4. The quantitative estimate of drug-likeness (QED) is 0.767. The van der Waals surface area contributed by atoms with Crippen LogP contribution in [0, 0.1) is 0 Å². The molecule has 134 valence electrons. The molecule has 1 aliphatic rings. The topological polar surface area (TPSA) is 119 Å². The molecule has 1 aromatic carbocycles. The van der Waals surface area contributed by atoms with E-state index >= 15 is 0 Å². The van der Waals surface area contributed by atoms with Crippen molar-refractivity contribution in [3.63, 3.8) is 0 Å². The normalized spacial score (nSPS) is 19.3. The van der Waals surface area contributed by atoms with E-state index in [1.54, 1.807) is 56.6 Å². The summed E-state index contributed by atoms with van der Waals surface area (Å²) >= 11 is 0. The smallest absolute Gasteiger partial charge is 0.255 e. The van der Waals surface area contributed by atoms with Gasteiger partial charge in [0.1, 0.15) is 11.3 Å². The Morgan fingerprint density at radius 3 is 2.69 bits per heavy atom. The molecule has 26 heavy (non-hydrogen) atoms. The molecule has 0 bridgehead atoms. The standard InChI is InChI=1S/C18H19N5O3/c1-18(10-15(24)22-17(19)23-18)14-9-12(7-8-20-14)21-16(25)11-3-5-13(26-2)6-4-11/h3-9H,10H2,1-2H3,(H,20,21,25)(H3,19,22,23,24). The summed E-state index contributed by atoms with van der Waals surface area (Å²) in [5.41, 5.74) is 6.38. The average Bonchev–Trinajstić information content (AvgIpc) is 2.61. The highest BCUT2D eigenvalue weighted by atomic mass is 16.5. The first kappa shape index (κ1) is 17.4. The highest BCUT2D eigenvalue weighted by Crippen LogP contribution is 2.31. The predicted molar refractivity (Wildman–Crippen MR) is 96.9 cm³/mol. The van der Waals surface area contributed by atoms with E-state index in [0.29, 0.717) is 22.7 Å². The number of aromatic nitrogens is 1. The van der Waals surface area contributed by atoms with Gasteiger partial charge >= 0.3 is 0 Å². The Labute approximate surface area is 150 Å². The first-order valence-electron chi connectivity index (χ1n) is 7.97. The molecule has 4 N–H and O–H groups in total. The van der Waals surface area contributed by atoms with Crippen LogP contribution >= 0.6 is 0 Å². The lowest BCUT2D eigenvalue weighted by Crippen LogP contribution is -2.46. The number of nitrogens with zero attached hydrogens (tertiary/aromatic N) is 2. The molecule has 2 aromatic rings. The maximum Gasteiger partial charge on any atom is 0.255 e. The minimum Gasteiger partial charge on any atom is -0.497 e. The third-order valence-electron chi connectivity index (χ3n) is 4.06. The van der Waals surface area contributed by atoms with Crippen molar-refractivity contribution in [2.24, 2.45) is 10.7 Å². The number of ether oxygens (including phenoxy) is 1. The fourth-order valence-electron chi connectivity index (χ4n) is 2.73. The molecule has 0 spiro atoms. The maximum atomic E-state index is 12.4. The lowest BCUT2D eigenvalue weighted by Gasteiger charge is -2.28. The molecule has 0 aliphatic carbocycles. The van der Waals surface area contributed by atoms with Gasteiger partial charge in [0, 0.05) is 17.4 Å². The summed E-state index contributed by atoms with van der Waals surface area (Å²) in [5, 5.41) is 5.28. The lowest BCUT2D eigenvalue weighted by molar-refractivity contribution is -0.121. The van der Waals surface area contributed by atoms with Crippen molar-refractivity contribution in [3.8, 4) is 5.75 Å². The van der Waals surface area contributed by atoms with Gasteiger partial charge < -0.3 is 15.8 Å². The van der Waals surface area contributed by atoms with Crippen molar-refractivity contribution < 1.29 is 14.3 Å². The second-order valence-electron chi connectivity index (χ2n) is 6.11. The number of carbonyl (C=O) groups is 2. The van der Waals surface area contributed by atoms with Gasteiger partial charge in [0.05, 0.1) is 19.2 Å². The number of nitrogens with one attached hydrogen (secondary N) is 2. The molecule has 2 amide bonds. The van der Waals surface area contributed by atoms with Gasteiger partial charge in [0.2, 0.25) is 5.91 Å². The highest BCUT2D eigenvalue weighted by molar-refractivity contribution is 6.04. The molecule has 1 atom stereocenters. The number of methoxy groups -OCH3 is 1. The molecule has 0 saturated heterocycles. The van der Waals surface area contributed by atoms with Crippen LogP contribution in [-0.4, -0.2) is 29.9 Å². The summed E-state index contributed by atoms with van der Waals surface area (Å²) < 4.78 is 5.08. The number of hydrogen-bond acceptors (Lipinski definition) is 6. The van der Waals surface area contributed by atoms with Crippen LogP contribution in [0.2, 0.25) is 0 Å². The molecule has 8 nitrogen and oxygen atoms in total. The largest absolute Gasteiger partial charge is 0.497 e. The van der Waals surface area contributed by atoms with E-state index < -0.39 is 5.54 Å². The molecule has 0 fully saturated rings. The van der Waals surface area contributed by atoms with Crippen LogP contribution in [0.25, 0.3) is 0 Å². The zero-order chi connectivity index (χ0) is 18.7. The minimum atomic E-state index is -0.882. The van der Waals surface area contributed by atoms with Gasteiger partial charge in [-0.25, -0.2) is 4.99 Å². The summed E-state index contributed by atoms with van der Waals surface area (Å²) in [6.07, 6.45) is 1.68. The third kappa shape index (κ3) is 3.64. The van der Waals surface area contributed by atoms with Crippen molar-refractivity contribution in [2.45, 2.75) is 18.9 Å². The Hall–Kier alpha value is -3.42. The molecule has 1 aliphatic heterocycles. The minimum absolute atomic E-state index is 0.0539. The van der Waals surface area contributed by atoms with Crippen molar-refractivity contribution in [1.82, 2.24) is 10.3 Å². The van der Waals surface area contributed by atoms with Gasteiger partial charge in [-0.15, -0.1) is 0 Å². The van der Waals surface area contributed by atoms with E-state index in [1.165, 1.54) is 0 Å². The monoisotopic (exact) mass is 353 g/mol. The Morgan fingerprint density at radius 2 is 2.04 bits per heavy atom. The van der Waals surface area contributed by atoms with Gasteiger partial charge in [-0.05, 0) is 43.3 Å². The fourth-order valence-corrected chi connectivity index (χ4v) is 2.73. The molecule has 1 unspecified atom stereocenters. The van der Waals surface area contributed by atoms with Crippen LogP contribution in [0.15, 0.2) is 47.6 Å². The van der Waals surface area contributed by atoms with Crippen molar-refractivity contribution in [2.75, 3.05) is 12.4 Å². The molecular weight excluding hydrogens is 334 g/mol. The Balaban J connectivity index is 1.82. The van der Waals surface area contributed by atoms with Crippen LogP contribution in [-0.2, 0) is 10.3 Å². The number of pyridine rings is 1. The van der Waals surface area contributed by atoms with E-state index in [2.05, 4.69) is 20.6 Å². The summed E-state index contributed by atoms with van der Waals surface area (Å²) in [6, 6.07) is 10.1. The SMILES string of the molecule is COc1ccc(C(=O)Nc2ccnc(C3(C)CC(=O)NC(N)=N3)c2)cc1. The van der Waals surface area contributed by atoms with Crippen LogP contribution < -0.4 is 21.1 Å². The first-order valence-corrected chi connectivity index (χ1v) is 7.97. The van der Waals surface area contributed by atoms with Crippen molar-refractivity contribution in [1.29, 1.82) is 0 Å². The zero-order valence-electron chi connectivity index (χ0n) is 14.4. The van der Waals surface area contributed by atoms with Gasteiger partial charge in [-0.1, -0.05) is 0 Å². The third-order valence-corrected chi connectivity index (χ3v) is 4.06. The van der Waals surface area contributed by atoms with Crippen LogP contribution in [0.1, 0.15) is 29.4 Å². The molecule has 1 aromatic heterocycles. The molecule has 0 saturated carbocycles. The average molecular weight is 353 g/mol. The van der Waals surface area contributed by atoms with Gasteiger partial charge in [-0.2, -0.15) is 0 Å². The molecule has 0 radical (unpaired) electrons. The second kappa shape index (κ2) is 6.83. The summed E-state index contributed by atoms with van der Waals surface area (Å²) in [4.78, 5) is 32.8. The van der Waals surface area contributed by atoms with Crippen molar-refractivity contribution >= 4 is 23.5 Å². The van der Waals surface area contributed by atoms with Crippen LogP contribution in [0.4, 0.5) is 5.69 Å². The molecule has 3 rings (SSSR count). The van der Waals surface area contributed by atoms with E-state index in [0.717, 1.165) is 0 Å². The Bertz CT molecular complexity index is 879. The number of hydrogen-bond donors (Lipinski definition) is 3. The number of nitrogens with two attached hydrogens (primary N) is 1. The predicted octanol–water partition coefficient (Wildman–Crippen LogP) is 1.39. The fraction of sp³-hybridized carbons (Fsp3) is 0.222. The second-order valence-corrected chi connectivity index (χ2v) is 6.11. The van der Waals surface area contributed by atoms with Crippen molar-refractivity contribution in [3.05, 3.63) is 53.9 Å². The summed E-state index contributed by atoms with van der Waals surface area (Å²) in [5.74, 6) is 0.235. The summed E-state index contributed by atoms with van der Waals surface area (Å²) in [7, 11) is 1.56. The van der Waals surface area contributed by atoms with E-state index in [1.807, 2.05) is 0 Å². The number of rotatable bonds is 4.